The van der Waals surface area contributed by atoms with Gasteiger partial charge in [-0.3, -0.25) is 4.98 Å². The monoisotopic (exact) mass is 233 g/mol. The molecular formula is C7H8IN. The van der Waals surface area contributed by atoms with Gasteiger partial charge in [0.1, 0.15) is 3.70 Å². The summed E-state index contributed by atoms with van der Waals surface area (Å²) in [7, 11) is 0. The molecule has 0 radical (unpaired) electrons. The van der Waals surface area contributed by atoms with Crippen LogP contribution in [0, 0.1) is 3.70 Å². The molecule has 0 aliphatic rings. The number of nitrogens with zero attached hydrogens (tertiary/aromatic N) is 1. The van der Waals surface area contributed by atoms with Gasteiger partial charge in [-0.15, -0.1) is 0 Å². The van der Waals surface area contributed by atoms with Crippen molar-refractivity contribution in [1.82, 2.24) is 4.98 Å². The SMILES string of the molecule is CCc1cccnc1I. The van der Waals surface area contributed by atoms with Crippen molar-refractivity contribution in [3.05, 3.63) is 27.6 Å². The van der Waals surface area contributed by atoms with Crippen LogP contribution in [0.15, 0.2) is 18.3 Å². The Morgan fingerprint density at radius 2 is 2.44 bits per heavy atom. The third-order valence-corrected chi connectivity index (χ3v) is 2.19. The number of aromatic nitrogens is 1. The van der Waals surface area contributed by atoms with Crippen LogP contribution in [0.4, 0.5) is 0 Å². The van der Waals surface area contributed by atoms with Gasteiger partial charge in [0, 0.05) is 6.20 Å². The molecule has 0 aliphatic heterocycles. The Hall–Kier alpha value is -0.120. The summed E-state index contributed by atoms with van der Waals surface area (Å²) in [5, 5.41) is 0. The van der Waals surface area contributed by atoms with Gasteiger partial charge < -0.3 is 0 Å². The molecule has 0 aliphatic carbocycles. The van der Waals surface area contributed by atoms with Gasteiger partial charge in [0.05, 0.1) is 0 Å². The average Bonchev–Trinajstić information content (AvgIpc) is 1.89. The highest BCUT2D eigenvalue weighted by Crippen LogP contribution is 2.07. The minimum Gasteiger partial charge on any atom is -0.250 e. The van der Waals surface area contributed by atoms with E-state index in [2.05, 4.69) is 40.6 Å². The lowest BCUT2D eigenvalue weighted by atomic mass is 10.2. The molecule has 48 valence electrons. The Bertz CT molecular complexity index is 198. The molecule has 0 N–H and O–H groups in total. The van der Waals surface area contributed by atoms with Gasteiger partial charge in [0.15, 0.2) is 0 Å². The molecule has 1 aromatic heterocycles. The van der Waals surface area contributed by atoms with Crippen molar-refractivity contribution in [2.75, 3.05) is 0 Å². The summed E-state index contributed by atoms with van der Waals surface area (Å²) in [6.45, 7) is 2.14. The lowest BCUT2D eigenvalue weighted by Gasteiger charge is -1.95. The smallest absolute Gasteiger partial charge is 0.104 e. The highest BCUT2D eigenvalue weighted by molar-refractivity contribution is 14.1. The van der Waals surface area contributed by atoms with Gasteiger partial charge in [-0.05, 0) is 40.6 Å². The number of hydrogen-bond acceptors (Lipinski definition) is 1. The summed E-state index contributed by atoms with van der Waals surface area (Å²) in [4.78, 5) is 4.14. The fourth-order valence-corrected chi connectivity index (χ4v) is 1.41. The summed E-state index contributed by atoms with van der Waals surface area (Å²) in [6, 6.07) is 4.08. The molecule has 2 heteroatoms. The second kappa shape index (κ2) is 3.15. The second-order valence-corrected chi connectivity index (χ2v) is 2.83. The number of halogens is 1. The third kappa shape index (κ3) is 1.64. The van der Waals surface area contributed by atoms with Crippen molar-refractivity contribution >= 4 is 22.6 Å². The Labute approximate surface area is 68.6 Å². The molecule has 0 aromatic carbocycles. The largest absolute Gasteiger partial charge is 0.250 e. The van der Waals surface area contributed by atoms with Crippen LogP contribution in [-0.4, -0.2) is 4.98 Å². The first-order valence-corrected chi connectivity index (χ1v) is 4.02. The van der Waals surface area contributed by atoms with Gasteiger partial charge in [-0.2, -0.15) is 0 Å². The van der Waals surface area contributed by atoms with Gasteiger partial charge in [0.2, 0.25) is 0 Å². The maximum atomic E-state index is 4.14. The zero-order valence-electron chi connectivity index (χ0n) is 5.26. The van der Waals surface area contributed by atoms with E-state index >= 15 is 0 Å². The summed E-state index contributed by atoms with van der Waals surface area (Å²) >= 11 is 2.25. The highest BCUT2D eigenvalue weighted by Gasteiger charge is 1.92. The maximum Gasteiger partial charge on any atom is 0.104 e. The molecule has 9 heavy (non-hydrogen) atoms. The molecule has 1 aromatic rings. The van der Waals surface area contributed by atoms with Gasteiger partial charge >= 0.3 is 0 Å². The summed E-state index contributed by atoms with van der Waals surface area (Å²) in [6.07, 6.45) is 2.90. The molecular weight excluding hydrogens is 225 g/mol. The minimum absolute atomic E-state index is 1.08. The van der Waals surface area contributed by atoms with Crippen LogP contribution < -0.4 is 0 Å². The predicted octanol–water partition coefficient (Wildman–Crippen LogP) is 2.25. The molecule has 1 nitrogen and oxygen atoms in total. The van der Waals surface area contributed by atoms with E-state index in [0.717, 1.165) is 10.1 Å². The van der Waals surface area contributed by atoms with E-state index in [1.54, 1.807) is 0 Å². The van der Waals surface area contributed by atoms with Crippen LogP contribution in [0.25, 0.3) is 0 Å². The fourth-order valence-electron chi connectivity index (χ4n) is 0.683. The van der Waals surface area contributed by atoms with Crippen molar-refractivity contribution in [3.8, 4) is 0 Å². The lowest BCUT2D eigenvalue weighted by Crippen LogP contribution is -1.87. The first kappa shape index (κ1) is 6.99. The van der Waals surface area contributed by atoms with Crippen molar-refractivity contribution < 1.29 is 0 Å². The van der Waals surface area contributed by atoms with Crippen molar-refractivity contribution in [2.24, 2.45) is 0 Å². The van der Waals surface area contributed by atoms with Crippen molar-refractivity contribution in [3.63, 3.8) is 0 Å². The molecule has 1 rings (SSSR count). The molecule has 1 heterocycles. The fraction of sp³-hybridized carbons (Fsp3) is 0.286. The standard InChI is InChI=1S/C7H8IN/c1-2-6-4-3-5-9-7(6)8/h3-5H,2H2,1H3. The molecule has 0 bridgehead atoms. The summed E-state index contributed by atoms with van der Waals surface area (Å²) in [5.41, 5.74) is 1.33. The lowest BCUT2D eigenvalue weighted by molar-refractivity contribution is 1.08. The molecule has 0 saturated heterocycles. The highest BCUT2D eigenvalue weighted by atomic mass is 127. The van der Waals surface area contributed by atoms with E-state index in [1.807, 2.05) is 12.3 Å². The number of rotatable bonds is 1. The molecule has 0 fully saturated rings. The molecule has 0 amide bonds. The Kier molecular flexibility index (Phi) is 2.45. The van der Waals surface area contributed by atoms with Crippen LogP contribution in [0.2, 0.25) is 0 Å². The van der Waals surface area contributed by atoms with E-state index < -0.39 is 0 Å². The first-order chi connectivity index (χ1) is 4.34. The van der Waals surface area contributed by atoms with Gasteiger partial charge in [0.25, 0.3) is 0 Å². The number of aryl methyl sites for hydroxylation is 1. The molecule has 0 saturated carbocycles. The summed E-state index contributed by atoms with van der Waals surface area (Å²) in [5.74, 6) is 0. The second-order valence-electron chi connectivity index (χ2n) is 1.81. The van der Waals surface area contributed by atoms with E-state index in [-0.39, 0.29) is 0 Å². The van der Waals surface area contributed by atoms with Crippen LogP contribution in [0.5, 0.6) is 0 Å². The molecule has 0 unspecified atom stereocenters. The van der Waals surface area contributed by atoms with Crippen molar-refractivity contribution in [1.29, 1.82) is 0 Å². The zero-order chi connectivity index (χ0) is 6.69. The van der Waals surface area contributed by atoms with E-state index in [4.69, 9.17) is 0 Å². The van der Waals surface area contributed by atoms with Crippen LogP contribution in [-0.2, 0) is 6.42 Å². The normalized spacial score (nSPS) is 9.56. The van der Waals surface area contributed by atoms with Crippen LogP contribution >= 0.6 is 22.6 Å². The predicted molar refractivity (Wildman–Crippen MR) is 46.3 cm³/mol. The molecule has 0 atom stereocenters. The quantitative estimate of drug-likeness (QED) is 0.535. The van der Waals surface area contributed by atoms with E-state index in [1.165, 1.54) is 5.56 Å². The average molecular weight is 233 g/mol. The van der Waals surface area contributed by atoms with Crippen molar-refractivity contribution in [2.45, 2.75) is 13.3 Å². The van der Waals surface area contributed by atoms with E-state index in [0.29, 0.717) is 0 Å². The maximum absolute atomic E-state index is 4.14. The topological polar surface area (TPSA) is 12.9 Å². The Morgan fingerprint density at radius 1 is 1.67 bits per heavy atom. The van der Waals surface area contributed by atoms with Crippen LogP contribution in [0.3, 0.4) is 0 Å². The third-order valence-electron chi connectivity index (χ3n) is 1.22. The Balaban J connectivity index is 3.01. The van der Waals surface area contributed by atoms with Gasteiger partial charge in [-0.1, -0.05) is 13.0 Å². The number of pyridine rings is 1. The molecule has 0 spiro atoms. The number of hydrogen-bond donors (Lipinski definition) is 0. The summed E-state index contributed by atoms with van der Waals surface area (Å²) < 4.78 is 1.12. The minimum atomic E-state index is 1.08. The zero-order valence-corrected chi connectivity index (χ0v) is 7.42. The Morgan fingerprint density at radius 3 is 2.89 bits per heavy atom. The van der Waals surface area contributed by atoms with Gasteiger partial charge in [-0.25, -0.2) is 0 Å². The van der Waals surface area contributed by atoms with Crippen LogP contribution in [0.1, 0.15) is 12.5 Å². The van der Waals surface area contributed by atoms with E-state index in [9.17, 15) is 0 Å². The first-order valence-electron chi connectivity index (χ1n) is 2.94.